The van der Waals surface area contributed by atoms with Crippen LogP contribution in [0.2, 0.25) is 0 Å². The molecule has 3 amide bonds. The molecule has 2 aliphatic rings. The van der Waals surface area contributed by atoms with Gasteiger partial charge in [-0.05, 0) is 20.3 Å². The average molecular weight is 323 g/mol. The van der Waals surface area contributed by atoms with Crippen molar-refractivity contribution in [1.29, 1.82) is 0 Å². The lowest BCUT2D eigenvalue weighted by Gasteiger charge is -2.35. The number of nitrogens with zero attached hydrogens (tertiary/aromatic N) is 3. The van der Waals surface area contributed by atoms with Crippen LogP contribution in [0.4, 0.5) is 4.79 Å². The maximum atomic E-state index is 12.2. The molecule has 0 saturated carbocycles. The van der Waals surface area contributed by atoms with Crippen LogP contribution in [0.1, 0.15) is 20.3 Å². The smallest absolute Gasteiger partial charge is 0.325 e. The summed E-state index contributed by atoms with van der Waals surface area (Å²) in [6.45, 7) is 10.2. The highest BCUT2D eigenvalue weighted by Gasteiger charge is 2.49. The number of nitrogens with one attached hydrogen (secondary N) is 2. The van der Waals surface area contributed by atoms with Crippen LogP contribution >= 0.6 is 0 Å². The Morgan fingerprint density at radius 1 is 1.43 bits per heavy atom. The van der Waals surface area contributed by atoms with Crippen molar-refractivity contribution >= 4 is 17.9 Å². The van der Waals surface area contributed by atoms with E-state index in [1.54, 1.807) is 7.05 Å². The van der Waals surface area contributed by atoms with Crippen LogP contribution in [-0.2, 0) is 9.53 Å². The molecule has 0 aromatic carbocycles. The van der Waals surface area contributed by atoms with Crippen LogP contribution in [0.25, 0.3) is 0 Å². The Morgan fingerprint density at radius 3 is 2.83 bits per heavy atom. The number of carbonyl (C=O) groups excluding carboxylic acids is 2. The Kier molecular flexibility index (Phi) is 5.59. The first-order valence-electron chi connectivity index (χ1n) is 7.83. The van der Waals surface area contributed by atoms with E-state index in [9.17, 15) is 9.59 Å². The van der Waals surface area contributed by atoms with Gasteiger partial charge in [-0.15, -0.1) is 0 Å². The SMILES string of the molecule is C=C(C)CN1C(=NCCCOCC)NC2C1C(=O)NC(=O)N2C. The van der Waals surface area contributed by atoms with Gasteiger partial charge in [-0.3, -0.25) is 15.1 Å². The quantitative estimate of drug-likeness (QED) is 0.514. The average Bonchev–Trinajstić information content (AvgIpc) is 2.83. The highest BCUT2D eigenvalue weighted by molar-refractivity contribution is 6.04. The van der Waals surface area contributed by atoms with Gasteiger partial charge in [0.2, 0.25) is 0 Å². The van der Waals surface area contributed by atoms with E-state index in [0.717, 1.165) is 12.0 Å². The van der Waals surface area contributed by atoms with Gasteiger partial charge in [-0.2, -0.15) is 0 Å². The zero-order valence-electron chi connectivity index (χ0n) is 14.0. The molecule has 0 aromatic rings. The normalized spacial score (nSPS) is 25.4. The number of hydrogen-bond donors (Lipinski definition) is 2. The first kappa shape index (κ1) is 17.3. The third-order valence-electron chi connectivity index (χ3n) is 3.77. The first-order chi connectivity index (χ1) is 11.0. The summed E-state index contributed by atoms with van der Waals surface area (Å²) in [4.78, 5) is 31.9. The Bertz CT molecular complexity index is 519. The fourth-order valence-electron chi connectivity index (χ4n) is 2.68. The first-order valence-corrected chi connectivity index (χ1v) is 7.83. The molecule has 23 heavy (non-hydrogen) atoms. The van der Waals surface area contributed by atoms with Crippen molar-refractivity contribution < 1.29 is 14.3 Å². The van der Waals surface area contributed by atoms with Gasteiger partial charge in [0.15, 0.2) is 12.0 Å². The van der Waals surface area contributed by atoms with E-state index in [0.29, 0.717) is 32.3 Å². The number of imide groups is 1. The third-order valence-corrected chi connectivity index (χ3v) is 3.77. The van der Waals surface area contributed by atoms with Gasteiger partial charge in [0.1, 0.15) is 6.17 Å². The second kappa shape index (κ2) is 7.45. The zero-order chi connectivity index (χ0) is 17.0. The van der Waals surface area contributed by atoms with Crippen molar-refractivity contribution in [2.75, 3.05) is 33.4 Å². The Balaban J connectivity index is 2.14. The summed E-state index contributed by atoms with van der Waals surface area (Å²) in [5.74, 6) is 0.308. The number of aliphatic imine (C=N–C) groups is 1. The Morgan fingerprint density at radius 2 is 2.17 bits per heavy atom. The minimum absolute atomic E-state index is 0.314. The molecule has 2 saturated heterocycles. The molecule has 2 atom stereocenters. The summed E-state index contributed by atoms with van der Waals surface area (Å²) in [5, 5.41) is 5.56. The van der Waals surface area contributed by atoms with Crippen LogP contribution in [0, 0.1) is 0 Å². The molecule has 0 bridgehead atoms. The number of amides is 3. The molecular weight excluding hydrogens is 298 g/mol. The monoisotopic (exact) mass is 323 g/mol. The lowest BCUT2D eigenvalue weighted by molar-refractivity contribution is -0.126. The topological polar surface area (TPSA) is 86.3 Å². The van der Waals surface area contributed by atoms with Crippen LogP contribution in [0.3, 0.4) is 0 Å². The number of rotatable bonds is 7. The van der Waals surface area contributed by atoms with Crippen molar-refractivity contribution in [3.05, 3.63) is 12.2 Å². The summed E-state index contributed by atoms with van der Waals surface area (Å²) in [5.41, 5.74) is 0.918. The third kappa shape index (κ3) is 3.82. The van der Waals surface area contributed by atoms with Gasteiger partial charge in [0.05, 0.1) is 0 Å². The molecule has 2 N–H and O–H groups in total. The maximum Gasteiger partial charge on any atom is 0.325 e. The lowest BCUT2D eigenvalue weighted by Crippen LogP contribution is -2.64. The number of hydrogen-bond acceptors (Lipinski definition) is 4. The van der Waals surface area contributed by atoms with E-state index in [4.69, 9.17) is 4.74 Å². The molecule has 8 heteroatoms. The fraction of sp³-hybridized carbons (Fsp3) is 0.667. The number of carbonyl (C=O) groups is 2. The van der Waals surface area contributed by atoms with E-state index in [-0.39, 0.29) is 5.91 Å². The van der Waals surface area contributed by atoms with E-state index in [2.05, 4.69) is 22.2 Å². The molecular formula is C15H25N5O3. The highest BCUT2D eigenvalue weighted by atomic mass is 16.5. The van der Waals surface area contributed by atoms with Crippen molar-refractivity contribution in [1.82, 2.24) is 20.4 Å². The maximum absolute atomic E-state index is 12.2. The second-order valence-corrected chi connectivity index (χ2v) is 5.78. The van der Waals surface area contributed by atoms with E-state index < -0.39 is 18.2 Å². The largest absolute Gasteiger partial charge is 0.382 e. The second-order valence-electron chi connectivity index (χ2n) is 5.78. The molecule has 2 heterocycles. The number of urea groups is 1. The van der Waals surface area contributed by atoms with Crippen molar-refractivity contribution in [2.24, 2.45) is 4.99 Å². The number of ether oxygens (including phenoxy) is 1. The van der Waals surface area contributed by atoms with Crippen LogP contribution in [0.5, 0.6) is 0 Å². The molecule has 2 unspecified atom stereocenters. The van der Waals surface area contributed by atoms with E-state index in [1.165, 1.54) is 4.90 Å². The zero-order valence-corrected chi connectivity index (χ0v) is 14.0. The molecule has 2 aliphatic heterocycles. The van der Waals surface area contributed by atoms with Gasteiger partial charge in [-0.25, -0.2) is 4.79 Å². The molecule has 0 aliphatic carbocycles. The van der Waals surface area contributed by atoms with Crippen molar-refractivity contribution in [3.63, 3.8) is 0 Å². The molecule has 8 nitrogen and oxygen atoms in total. The van der Waals surface area contributed by atoms with Crippen molar-refractivity contribution in [3.8, 4) is 0 Å². The van der Waals surface area contributed by atoms with Gasteiger partial charge in [-0.1, -0.05) is 12.2 Å². The minimum Gasteiger partial charge on any atom is -0.382 e. The van der Waals surface area contributed by atoms with Crippen LogP contribution in [-0.4, -0.2) is 73.3 Å². The number of guanidine groups is 1. The predicted molar refractivity (Wildman–Crippen MR) is 86.9 cm³/mol. The van der Waals surface area contributed by atoms with E-state index in [1.807, 2.05) is 18.7 Å². The molecule has 0 radical (unpaired) electrons. The van der Waals surface area contributed by atoms with E-state index >= 15 is 0 Å². The lowest BCUT2D eigenvalue weighted by atomic mass is 10.1. The number of fused-ring (bicyclic) bond motifs is 1. The van der Waals surface area contributed by atoms with Gasteiger partial charge in [0, 0.05) is 33.4 Å². The summed E-state index contributed by atoms with van der Waals surface area (Å²) in [7, 11) is 1.66. The molecule has 2 rings (SSSR count). The van der Waals surface area contributed by atoms with Gasteiger partial charge in [0.25, 0.3) is 5.91 Å². The molecule has 128 valence electrons. The summed E-state index contributed by atoms with van der Waals surface area (Å²) in [6.07, 6.45) is 0.386. The predicted octanol–water partition coefficient (Wildman–Crippen LogP) is 0.127. The fourth-order valence-corrected chi connectivity index (χ4v) is 2.68. The highest BCUT2D eigenvalue weighted by Crippen LogP contribution is 2.21. The Hall–Kier alpha value is -2.09. The van der Waals surface area contributed by atoms with Crippen LogP contribution < -0.4 is 10.6 Å². The molecule has 0 aromatic heterocycles. The Labute approximate surface area is 136 Å². The standard InChI is InChI=1S/C15H25N5O3/c1-5-23-8-6-7-16-14-17-12-11(20(14)9-10(2)3)13(21)18-15(22)19(12)4/h11-12H,2,5-9H2,1,3-4H3,(H,16,17)(H,18,21,22). The summed E-state index contributed by atoms with van der Waals surface area (Å²) < 4.78 is 5.30. The van der Waals surface area contributed by atoms with Crippen LogP contribution in [0.15, 0.2) is 17.1 Å². The summed E-state index contributed by atoms with van der Waals surface area (Å²) in [6, 6.07) is -0.906. The molecule has 2 fully saturated rings. The molecule has 0 spiro atoms. The summed E-state index contributed by atoms with van der Waals surface area (Å²) >= 11 is 0. The van der Waals surface area contributed by atoms with Crippen molar-refractivity contribution in [2.45, 2.75) is 32.5 Å². The number of likely N-dealkylation sites (N-methyl/N-ethyl adjacent to an activating group) is 1. The minimum atomic E-state index is -0.500. The van der Waals surface area contributed by atoms with Gasteiger partial charge >= 0.3 is 6.03 Å². The van der Waals surface area contributed by atoms with Gasteiger partial charge < -0.3 is 19.9 Å².